The van der Waals surface area contributed by atoms with Crippen LogP contribution in [0.15, 0.2) is 72.8 Å². The molecule has 2 atom stereocenters. The number of rotatable bonds is 7. The number of aliphatic hydroxyl groups excluding tert-OH is 1. The minimum Gasteiger partial charge on any atom is -0.382 e. The van der Waals surface area contributed by atoms with Gasteiger partial charge < -0.3 is 10.8 Å². The van der Waals surface area contributed by atoms with E-state index in [1.807, 2.05) is 72.8 Å². The lowest BCUT2D eigenvalue weighted by Gasteiger charge is -2.19. The number of hydrazine groups is 1. The molecule has 0 aliphatic rings. The van der Waals surface area contributed by atoms with Crippen molar-refractivity contribution in [2.75, 3.05) is 5.43 Å². The zero-order valence-corrected chi connectivity index (χ0v) is 14.4. The summed E-state index contributed by atoms with van der Waals surface area (Å²) in [4.78, 5) is 12.2. The van der Waals surface area contributed by atoms with Crippen LogP contribution in [0.4, 0.5) is 5.69 Å². The molecule has 0 aromatic heterocycles. The van der Waals surface area contributed by atoms with Crippen molar-refractivity contribution in [3.8, 4) is 0 Å². The summed E-state index contributed by atoms with van der Waals surface area (Å²) in [6.45, 7) is 0. The highest BCUT2D eigenvalue weighted by Gasteiger charge is 2.22. The average molecular weight is 349 g/mol. The number of benzene rings is 3. The second-order valence-electron chi connectivity index (χ2n) is 6.27. The van der Waals surface area contributed by atoms with Crippen LogP contribution in [0.5, 0.6) is 0 Å². The van der Waals surface area contributed by atoms with Crippen molar-refractivity contribution in [3.05, 3.63) is 78.4 Å². The molecule has 3 aromatic rings. The van der Waals surface area contributed by atoms with Gasteiger partial charge in [0.25, 0.3) is 5.91 Å². The fourth-order valence-electron chi connectivity index (χ4n) is 2.87. The number of carbonyl (C=O) groups excluding carboxylic acids is 1. The van der Waals surface area contributed by atoms with Gasteiger partial charge in [-0.25, -0.2) is 0 Å². The molecule has 3 aromatic carbocycles. The maximum atomic E-state index is 12.2. The number of fused-ring (bicyclic) bond motifs is 1. The van der Waals surface area contributed by atoms with Crippen LogP contribution in [0.2, 0.25) is 0 Å². The molecule has 0 saturated heterocycles. The lowest BCUT2D eigenvalue weighted by atomic mass is 10.0. The Bertz CT molecular complexity index is 862. The van der Waals surface area contributed by atoms with Gasteiger partial charge in [0.05, 0.1) is 5.69 Å². The van der Waals surface area contributed by atoms with Crippen molar-refractivity contribution in [2.45, 2.75) is 25.0 Å². The summed E-state index contributed by atoms with van der Waals surface area (Å²) in [5.41, 5.74) is 13.3. The lowest BCUT2D eigenvalue weighted by Crippen LogP contribution is -2.48. The number of nitrogens with two attached hydrogens (primary N) is 1. The first-order valence-electron chi connectivity index (χ1n) is 8.66. The molecule has 0 saturated carbocycles. The van der Waals surface area contributed by atoms with E-state index < -0.39 is 18.1 Å². The molecule has 0 bridgehead atoms. The van der Waals surface area contributed by atoms with E-state index in [9.17, 15) is 9.90 Å². The van der Waals surface area contributed by atoms with Gasteiger partial charge >= 0.3 is 0 Å². The highest BCUT2D eigenvalue weighted by Crippen LogP contribution is 2.22. The van der Waals surface area contributed by atoms with E-state index in [2.05, 4.69) is 10.9 Å². The molecule has 0 heterocycles. The molecule has 1 amide bonds. The van der Waals surface area contributed by atoms with Crippen LogP contribution in [0.3, 0.4) is 0 Å². The number of aryl methyl sites for hydroxylation is 1. The first kappa shape index (κ1) is 17.9. The van der Waals surface area contributed by atoms with E-state index in [1.165, 1.54) is 0 Å². The number of hydrogen-bond acceptors (Lipinski definition) is 4. The summed E-state index contributed by atoms with van der Waals surface area (Å²) in [5.74, 6) is -0.543. The van der Waals surface area contributed by atoms with E-state index in [4.69, 9.17) is 5.73 Å². The van der Waals surface area contributed by atoms with Gasteiger partial charge in [0.2, 0.25) is 0 Å². The molecule has 0 spiro atoms. The number of hydrogen-bond donors (Lipinski definition) is 4. The summed E-state index contributed by atoms with van der Waals surface area (Å²) in [6, 6.07) is 22.8. The Morgan fingerprint density at radius 3 is 2.46 bits per heavy atom. The van der Waals surface area contributed by atoms with Crippen LogP contribution >= 0.6 is 0 Å². The summed E-state index contributed by atoms with van der Waals surface area (Å²) in [6.07, 6.45) is -0.0446. The molecule has 0 aliphatic heterocycles. The second-order valence-corrected chi connectivity index (χ2v) is 6.27. The number of amides is 1. The van der Waals surface area contributed by atoms with Crippen LogP contribution in [-0.2, 0) is 11.2 Å². The van der Waals surface area contributed by atoms with Crippen LogP contribution in [0.1, 0.15) is 12.0 Å². The molecule has 1 unspecified atom stereocenters. The third-order valence-electron chi connectivity index (χ3n) is 4.39. The Morgan fingerprint density at radius 2 is 1.65 bits per heavy atom. The maximum absolute atomic E-state index is 12.2. The zero-order chi connectivity index (χ0) is 18.4. The molecule has 5 nitrogen and oxygen atoms in total. The third-order valence-corrected chi connectivity index (χ3v) is 4.39. The molecule has 3 rings (SSSR count). The highest BCUT2D eigenvalue weighted by molar-refractivity contribution is 5.94. The Morgan fingerprint density at radius 1 is 0.962 bits per heavy atom. The smallest absolute Gasteiger partial charge is 0.268 e. The van der Waals surface area contributed by atoms with Gasteiger partial charge in [-0.05, 0) is 29.9 Å². The van der Waals surface area contributed by atoms with Crippen molar-refractivity contribution in [1.82, 2.24) is 5.43 Å². The molecule has 0 fully saturated rings. The van der Waals surface area contributed by atoms with Gasteiger partial charge in [-0.3, -0.25) is 15.6 Å². The standard InChI is InChI=1S/C21H23N3O2/c22-18(14-13-15-7-2-1-3-8-15)20(25)21(26)24-23-19-12-6-10-16-9-4-5-11-17(16)19/h1-12,18,20,23,25H,13-14,22H2,(H,24,26)/t18-,20?/m1/s1. The largest absolute Gasteiger partial charge is 0.382 e. The summed E-state index contributed by atoms with van der Waals surface area (Å²) < 4.78 is 0. The van der Waals surface area contributed by atoms with E-state index in [0.717, 1.165) is 22.0 Å². The van der Waals surface area contributed by atoms with Crippen LogP contribution < -0.4 is 16.6 Å². The molecular formula is C21H23N3O2. The van der Waals surface area contributed by atoms with Crippen molar-refractivity contribution in [3.63, 3.8) is 0 Å². The first-order chi connectivity index (χ1) is 12.6. The van der Waals surface area contributed by atoms with Crippen LogP contribution in [0, 0.1) is 0 Å². The van der Waals surface area contributed by atoms with Gasteiger partial charge in [0, 0.05) is 11.4 Å². The topological polar surface area (TPSA) is 87.4 Å². The van der Waals surface area contributed by atoms with E-state index in [0.29, 0.717) is 12.8 Å². The number of nitrogens with one attached hydrogen (secondary N) is 2. The fraction of sp³-hybridized carbons (Fsp3) is 0.190. The lowest BCUT2D eigenvalue weighted by molar-refractivity contribution is -0.129. The van der Waals surface area contributed by atoms with Gasteiger partial charge in [-0.1, -0.05) is 66.7 Å². The van der Waals surface area contributed by atoms with Gasteiger partial charge in [0.15, 0.2) is 0 Å². The SMILES string of the molecule is N[C@H](CCc1ccccc1)C(O)C(=O)NNc1cccc2ccccc12. The monoisotopic (exact) mass is 349 g/mol. The maximum Gasteiger partial charge on any atom is 0.268 e. The van der Waals surface area contributed by atoms with Gasteiger partial charge in [-0.15, -0.1) is 0 Å². The number of anilines is 1. The van der Waals surface area contributed by atoms with Crippen LogP contribution in [-0.4, -0.2) is 23.2 Å². The third kappa shape index (κ3) is 4.39. The predicted octanol–water partition coefficient (Wildman–Crippen LogP) is 2.60. The Labute approximate surface area is 152 Å². The molecule has 26 heavy (non-hydrogen) atoms. The van der Waals surface area contributed by atoms with Crippen LogP contribution in [0.25, 0.3) is 10.8 Å². The van der Waals surface area contributed by atoms with Crippen molar-refractivity contribution >= 4 is 22.4 Å². The summed E-state index contributed by atoms with van der Waals surface area (Å²) in [7, 11) is 0. The van der Waals surface area contributed by atoms with Crippen molar-refractivity contribution < 1.29 is 9.90 Å². The quantitative estimate of drug-likeness (QED) is 0.494. The average Bonchev–Trinajstić information content (AvgIpc) is 2.70. The fourth-order valence-corrected chi connectivity index (χ4v) is 2.87. The van der Waals surface area contributed by atoms with Gasteiger partial charge in [-0.2, -0.15) is 0 Å². The molecule has 0 aliphatic carbocycles. The number of carbonyl (C=O) groups is 1. The Kier molecular flexibility index (Phi) is 5.84. The minimum absolute atomic E-state index is 0.521. The minimum atomic E-state index is -1.28. The van der Waals surface area contributed by atoms with Crippen molar-refractivity contribution in [1.29, 1.82) is 0 Å². The van der Waals surface area contributed by atoms with E-state index in [1.54, 1.807) is 0 Å². The first-order valence-corrected chi connectivity index (χ1v) is 8.66. The normalized spacial score (nSPS) is 13.2. The highest BCUT2D eigenvalue weighted by atomic mass is 16.3. The summed E-state index contributed by atoms with van der Waals surface area (Å²) in [5, 5.41) is 12.2. The van der Waals surface area contributed by atoms with Crippen molar-refractivity contribution in [2.24, 2.45) is 5.73 Å². The zero-order valence-electron chi connectivity index (χ0n) is 14.4. The van der Waals surface area contributed by atoms with Gasteiger partial charge in [0.1, 0.15) is 6.10 Å². The molecular weight excluding hydrogens is 326 g/mol. The molecule has 134 valence electrons. The van der Waals surface area contributed by atoms with E-state index in [-0.39, 0.29) is 0 Å². The Hall–Kier alpha value is -2.89. The molecule has 0 radical (unpaired) electrons. The molecule has 5 heteroatoms. The van der Waals surface area contributed by atoms with E-state index >= 15 is 0 Å². The summed E-state index contributed by atoms with van der Waals surface area (Å²) >= 11 is 0. The number of aliphatic hydroxyl groups is 1. The molecule has 5 N–H and O–H groups in total. The second kappa shape index (κ2) is 8.47. The predicted molar refractivity (Wildman–Crippen MR) is 104 cm³/mol. The Balaban J connectivity index is 1.55.